The van der Waals surface area contributed by atoms with Gasteiger partial charge in [0, 0.05) is 69.9 Å². The van der Waals surface area contributed by atoms with Crippen LogP contribution in [0.3, 0.4) is 0 Å². The fourth-order valence-electron chi connectivity index (χ4n) is 8.41. The lowest BCUT2D eigenvalue weighted by molar-refractivity contribution is -0.143. The number of urea groups is 1. The van der Waals surface area contributed by atoms with Crippen LogP contribution in [0.4, 0.5) is 15.5 Å². The van der Waals surface area contributed by atoms with Crippen molar-refractivity contribution in [3.8, 4) is 0 Å². The number of anilines is 2. The van der Waals surface area contributed by atoms with Gasteiger partial charge in [-0.25, -0.2) is 4.79 Å². The number of piperazine rings is 1. The molecule has 7 heterocycles. The highest BCUT2D eigenvalue weighted by Crippen LogP contribution is 2.34. The molecule has 0 spiro atoms. The predicted molar refractivity (Wildman–Crippen MR) is 182 cm³/mol. The fourth-order valence-corrected chi connectivity index (χ4v) is 9.50. The van der Waals surface area contributed by atoms with Crippen LogP contribution in [0.1, 0.15) is 48.8 Å². The van der Waals surface area contributed by atoms with E-state index >= 15 is 0 Å². The first kappa shape index (κ1) is 31.7. The Hall–Kier alpha value is -2.86. The predicted octanol–water partition coefficient (Wildman–Crippen LogP) is 4.12. The SMILES string of the molecule is Cc1cc(C[C@@H](CC(=O)N2CCC(N3Cc4ccsc4NC3=O)CC2)C(=O)N2CCN(C3CN4CCC3CC4)CC2)cc(Cl)c1N. The Morgan fingerprint density at radius 3 is 2.43 bits per heavy atom. The summed E-state index contributed by atoms with van der Waals surface area (Å²) >= 11 is 8.00. The van der Waals surface area contributed by atoms with E-state index in [0.29, 0.717) is 55.9 Å². The third-order valence-electron chi connectivity index (χ3n) is 11.2. The lowest BCUT2D eigenvalue weighted by Gasteiger charge is -2.51. The van der Waals surface area contributed by atoms with Crippen molar-refractivity contribution in [2.75, 3.05) is 70.0 Å². The summed E-state index contributed by atoms with van der Waals surface area (Å²) in [5, 5.41) is 6.44. The van der Waals surface area contributed by atoms with Crippen molar-refractivity contribution in [3.05, 3.63) is 45.3 Å². The Labute approximate surface area is 280 Å². The van der Waals surface area contributed by atoms with Gasteiger partial charge < -0.3 is 25.3 Å². The van der Waals surface area contributed by atoms with Crippen LogP contribution in [0.25, 0.3) is 0 Å². The summed E-state index contributed by atoms with van der Waals surface area (Å²) in [5.74, 6) is 0.360. The molecule has 5 saturated heterocycles. The molecule has 1 unspecified atom stereocenters. The van der Waals surface area contributed by atoms with E-state index in [2.05, 4.69) is 21.2 Å². The topological polar surface area (TPSA) is 105 Å². The molecule has 6 aliphatic heterocycles. The van der Waals surface area contributed by atoms with Gasteiger partial charge in [-0.2, -0.15) is 0 Å². The summed E-state index contributed by atoms with van der Waals surface area (Å²) in [6, 6.07) is 6.52. The van der Waals surface area contributed by atoms with E-state index in [0.717, 1.165) is 60.1 Å². The van der Waals surface area contributed by atoms with E-state index in [4.69, 9.17) is 17.3 Å². The standard InChI is InChI=1S/C34H46ClN7O3S/c1-22-16-23(18-28(35)31(22)36)17-26(33(44)41-13-11-39(12-14-41)29-21-38-7-2-24(29)3-8-38)19-30(43)40-9-4-27(5-10-40)42-20-25-6-15-46-32(25)37-34(42)45/h6,15-16,18,24,26-27,29H,2-5,7-14,17,19-21,36H2,1H3,(H,37,45)/t26-,29?/m0/s1. The van der Waals surface area contributed by atoms with Crippen molar-refractivity contribution in [2.45, 2.75) is 64.1 Å². The minimum Gasteiger partial charge on any atom is -0.397 e. The van der Waals surface area contributed by atoms with E-state index in [1.807, 2.05) is 39.1 Å². The normalized spacial score (nSPS) is 26.2. The first-order valence-corrected chi connectivity index (χ1v) is 18.2. The van der Waals surface area contributed by atoms with E-state index in [1.54, 1.807) is 11.3 Å². The van der Waals surface area contributed by atoms with Crippen molar-refractivity contribution in [1.29, 1.82) is 0 Å². The molecule has 0 radical (unpaired) electrons. The van der Waals surface area contributed by atoms with Gasteiger partial charge in [0.25, 0.3) is 0 Å². The van der Waals surface area contributed by atoms with Crippen LogP contribution in [-0.4, -0.2) is 113 Å². The lowest BCUT2D eigenvalue weighted by Crippen LogP contribution is -2.61. The number of hydrogen-bond donors (Lipinski definition) is 2. The highest BCUT2D eigenvalue weighted by Gasteiger charge is 2.40. The largest absolute Gasteiger partial charge is 0.397 e. The third kappa shape index (κ3) is 6.48. The molecule has 12 heteroatoms. The van der Waals surface area contributed by atoms with Crippen LogP contribution < -0.4 is 11.1 Å². The molecule has 46 heavy (non-hydrogen) atoms. The summed E-state index contributed by atoms with van der Waals surface area (Å²) in [6.07, 6.45) is 4.63. The number of piperidine rings is 4. The quantitative estimate of drug-likeness (QED) is 0.431. The Bertz CT molecular complexity index is 1440. The summed E-state index contributed by atoms with van der Waals surface area (Å²) < 4.78 is 0. The second-order valence-corrected chi connectivity index (χ2v) is 15.2. The maximum Gasteiger partial charge on any atom is 0.323 e. The number of amides is 4. The average molecular weight is 668 g/mol. The van der Waals surface area contributed by atoms with Gasteiger partial charge in [0.2, 0.25) is 11.8 Å². The summed E-state index contributed by atoms with van der Waals surface area (Å²) in [6.45, 7) is 10.5. The number of likely N-dealkylation sites (tertiary alicyclic amines) is 1. The maximum atomic E-state index is 14.2. The molecule has 4 amide bonds. The summed E-state index contributed by atoms with van der Waals surface area (Å²) in [7, 11) is 0. The molecule has 3 N–H and O–H groups in total. The molecule has 5 fully saturated rings. The van der Waals surface area contributed by atoms with E-state index in [-0.39, 0.29) is 30.3 Å². The maximum absolute atomic E-state index is 14.2. The number of nitrogens with one attached hydrogen (secondary N) is 1. The molecule has 0 aliphatic carbocycles. The van der Waals surface area contributed by atoms with Crippen molar-refractivity contribution < 1.29 is 14.4 Å². The number of nitrogen functional groups attached to an aromatic ring is 1. The van der Waals surface area contributed by atoms with E-state index < -0.39 is 5.92 Å². The number of carbonyl (C=O) groups is 3. The average Bonchev–Trinajstić information content (AvgIpc) is 3.54. The highest BCUT2D eigenvalue weighted by molar-refractivity contribution is 7.14. The van der Waals surface area contributed by atoms with Crippen LogP contribution >= 0.6 is 22.9 Å². The number of rotatable bonds is 7. The molecule has 8 rings (SSSR count). The second-order valence-electron chi connectivity index (χ2n) is 13.9. The van der Waals surface area contributed by atoms with Gasteiger partial charge in [-0.05, 0) is 86.7 Å². The molecule has 2 aromatic rings. The van der Waals surface area contributed by atoms with Gasteiger partial charge in [0.1, 0.15) is 5.00 Å². The number of aryl methyl sites for hydroxylation is 1. The number of nitrogens with two attached hydrogens (primary N) is 1. The van der Waals surface area contributed by atoms with Crippen molar-refractivity contribution in [3.63, 3.8) is 0 Å². The van der Waals surface area contributed by atoms with Gasteiger partial charge in [0.15, 0.2) is 0 Å². The highest BCUT2D eigenvalue weighted by atomic mass is 35.5. The van der Waals surface area contributed by atoms with Crippen molar-refractivity contribution in [1.82, 2.24) is 24.5 Å². The number of nitrogens with zero attached hydrogens (tertiary/aromatic N) is 5. The van der Waals surface area contributed by atoms with E-state index in [1.165, 1.54) is 25.9 Å². The van der Waals surface area contributed by atoms with Crippen LogP contribution in [0.5, 0.6) is 0 Å². The van der Waals surface area contributed by atoms with Gasteiger partial charge in [-0.1, -0.05) is 17.7 Å². The molecule has 2 bridgehead atoms. The number of carbonyl (C=O) groups excluding carboxylic acids is 3. The fraction of sp³-hybridized carbons (Fsp3) is 0.618. The number of hydrogen-bond acceptors (Lipinski definition) is 7. The van der Waals surface area contributed by atoms with Crippen LogP contribution in [-0.2, 0) is 22.6 Å². The van der Waals surface area contributed by atoms with Gasteiger partial charge >= 0.3 is 6.03 Å². The smallest absolute Gasteiger partial charge is 0.323 e. The lowest BCUT2D eigenvalue weighted by atomic mass is 9.83. The molecule has 1 aromatic heterocycles. The molecule has 2 atom stereocenters. The van der Waals surface area contributed by atoms with Crippen molar-refractivity contribution in [2.24, 2.45) is 11.8 Å². The zero-order valence-corrected chi connectivity index (χ0v) is 28.3. The molecule has 0 saturated carbocycles. The van der Waals surface area contributed by atoms with Gasteiger partial charge in [-0.3, -0.25) is 19.8 Å². The minimum absolute atomic E-state index is 0.00389. The molecule has 1 aromatic carbocycles. The minimum atomic E-state index is -0.474. The number of benzene rings is 1. The molecular weight excluding hydrogens is 622 g/mol. The van der Waals surface area contributed by atoms with Crippen LogP contribution in [0, 0.1) is 18.8 Å². The van der Waals surface area contributed by atoms with E-state index in [9.17, 15) is 14.4 Å². The van der Waals surface area contributed by atoms with Gasteiger partial charge in [-0.15, -0.1) is 11.3 Å². The first-order valence-electron chi connectivity index (χ1n) is 16.9. The molecule has 6 aliphatic rings. The Balaban J connectivity index is 0.994. The number of halogens is 1. The van der Waals surface area contributed by atoms with Crippen LogP contribution in [0.2, 0.25) is 5.02 Å². The molecule has 10 nitrogen and oxygen atoms in total. The monoisotopic (exact) mass is 667 g/mol. The number of fused-ring (bicyclic) bond motifs is 4. The third-order valence-corrected chi connectivity index (χ3v) is 12.4. The molecule has 248 valence electrons. The number of thiophene rings is 1. The first-order chi connectivity index (χ1) is 22.2. The van der Waals surface area contributed by atoms with Crippen molar-refractivity contribution >= 4 is 51.5 Å². The zero-order valence-electron chi connectivity index (χ0n) is 26.8. The Morgan fingerprint density at radius 2 is 1.76 bits per heavy atom. The van der Waals surface area contributed by atoms with Crippen LogP contribution in [0.15, 0.2) is 23.6 Å². The zero-order chi connectivity index (χ0) is 31.9. The Morgan fingerprint density at radius 1 is 1.02 bits per heavy atom. The second kappa shape index (κ2) is 13.3. The Kier molecular flexibility index (Phi) is 9.20. The summed E-state index contributed by atoms with van der Waals surface area (Å²) in [5.41, 5.74) is 9.62. The molecular formula is C34H46ClN7O3S. The van der Waals surface area contributed by atoms with Gasteiger partial charge in [0.05, 0.1) is 23.2 Å². The summed E-state index contributed by atoms with van der Waals surface area (Å²) in [4.78, 5) is 51.7.